The number of para-hydroxylation sites is 1. The van der Waals surface area contributed by atoms with Crippen LogP contribution in [0.3, 0.4) is 0 Å². The van der Waals surface area contributed by atoms with Crippen LogP contribution in [0.15, 0.2) is 88.5 Å². The van der Waals surface area contributed by atoms with Crippen LogP contribution in [-0.4, -0.2) is 17.4 Å². The molecule has 2 heterocycles. The van der Waals surface area contributed by atoms with Gasteiger partial charge < -0.3 is 9.15 Å². The normalized spacial score (nSPS) is 12.2. The zero-order chi connectivity index (χ0) is 20.9. The lowest BCUT2D eigenvalue weighted by Gasteiger charge is -2.17. The highest BCUT2D eigenvalue weighted by atomic mass is 32.2. The Morgan fingerprint density at radius 3 is 2.57 bits per heavy atom. The maximum Gasteiger partial charge on any atom is 0.387 e. The second-order valence-corrected chi connectivity index (χ2v) is 7.73. The van der Waals surface area contributed by atoms with Crippen molar-refractivity contribution in [1.29, 1.82) is 0 Å². The summed E-state index contributed by atoms with van der Waals surface area (Å²) in [6.07, 6.45) is 3.36. The van der Waals surface area contributed by atoms with Gasteiger partial charge in [-0.05, 0) is 42.0 Å². The van der Waals surface area contributed by atoms with Crippen LogP contribution in [-0.2, 0) is 0 Å². The molecule has 4 rings (SSSR count). The molecule has 0 saturated heterocycles. The zero-order valence-electron chi connectivity index (χ0n) is 15.7. The fraction of sp³-hybridized carbons (Fsp3) is 0.130. The van der Waals surface area contributed by atoms with Gasteiger partial charge in [-0.3, -0.25) is 9.78 Å². The second-order valence-electron chi connectivity index (χ2n) is 6.49. The number of ketones is 1. The third-order valence-electron chi connectivity index (χ3n) is 4.51. The summed E-state index contributed by atoms with van der Waals surface area (Å²) in [5.74, 6) is 0.217. The van der Waals surface area contributed by atoms with Crippen molar-refractivity contribution in [2.24, 2.45) is 0 Å². The van der Waals surface area contributed by atoms with Gasteiger partial charge in [0.1, 0.15) is 5.75 Å². The number of benzene rings is 2. The molecule has 0 amide bonds. The number of hydrogen-bond acceptors (Lipinski definition) is 5. The van der Waals surface area contributed by atoms with Gasteiger partial charge >= 0.3 is 6.61 Å². The molecule has 0 bridgehead atoms. The molecule has 0 unspecified atom stereocenters. The van der Waals surface area contributed by atoms with Crippen LogP contribution in [0.25, 0.3) is 10.9 Å². The van der Waals surface area contributed by atoms with E-state index in [1.165, 1.54) is 30.2 Å². The van der Waals surface area contributed by atoms with Gasteiger partial charge in [0, 0.05) is 28.1 Å². The number of Topliss-reactive ketones (excluding diaryl/α,β-unsaturated/α-hetero) is 1. The first-order chi connectivity index (χ1) is 14.6. The maximum atomic E-state index is 12.7. The summed E-state index contributed by atoms with van der Waals surface area (Å²) in [6, 6.07) is 19.4. The Morgan fingerprint density at radius 1 is 1.03 bits per heavy atom. The summed E-state index contributed by atoms with van der Waals surface area (Å²) in [7, 11) is 0. The van der Waals surface area contributed by atoms with Crippen LogP contribution >= 0.6 is 11.8 Å². The quantitative estimate of drug-likeness (QED) is 0.237. The van der Waals surface area contributed by atoms with Gasteiger partial charge in [-0.15, -0.1) is 11.8 Å². The number of carbonyl (C=O) groups excluding carboxylic acids is 1. The lowest BCUT2D eigenvalue weighted by atomic mass is 10.1. The average Bonchev–Trinajstić information content (AvgIpc) is 3.29. The van der Waals surface area contributed by atoms with Crippen LogP contribution < -0.4 is 4.74 Å². The first kappa shape index (κ1) is 20.1. The van der Waals surface area contributed by atoms with Crippen molar-refractivity contribution in [2.75, 3.05) is 0 Å². The number of aromatic nitrogens is 1. The number of carbonyl (C=O) groups is 1. The molecule has 2 aromatic heterocycles. The Hall–Kier alpha value is -3.19. The van der Waals surface area contributed by atoms with E-state index >= 15 is 0 Å². The lowest BCUT2D eigenvalue weighted by Crippen LogP contribution is -2.06. The van der Waals surface area contributed by atoms with Crippen molar-refractivity contribution in [3.63, 3.8) is 0 Å². The Kier molecular flexibility index (Phi) is 6.09. The van der Waals surface area contributed by atoms with Crippen molar-refractivity contribution < 1.29 is 22.7 Å². The molecule has 2 aromatic carbocycles. The van der Waals surface area contributed by atoms with Crippen molar-refractivity contribution in [1.82, 2.24) is 4.98 Å². The number of thioether (sulfide) groups is 1. The van der Waals surface area contributed by atoms with Crippen LogP contribution in [0.5, 0.6) is 5.75 Å². The van der Waals surface area contributed by atoms with E-state index in [1.807, 2.05) is 30.3 Å². The first-order valence-corrected chi connectivity index (χ1v) is 10.1. The molecule has 0 fully saturated rings. The summed E-state index contributed by atoms with van der Waals surface area (Å²) < 4.78 is 34.6. The number of fused-ring (bicyclic) bond motifs is 1. The number of alkyl halides is 2. The Morgan fingerprint density at radius 2 is 1.83 bits per heavy atom. The molecule has 4 aromatic rings. The van der Waals surface area contributed by atoms with E-state index in [1.54, 1.807) is 30.5 Å². The number of furan rings is 1. The molecule has 0 saturated carbocycles. The Labute approximate surface area is 175 Å². The number of pyridine rings is 1. The topological polar surface area (TPSA) is 52.3 Å². The van der Waals surface area contributed by atoms with Crippen LogP contribution in [0.4, 0.5) is 8.78 Å². The molecular formula is C23H17F2NO3S. The van der Waals surface area contributed by atoms with E-state index in [-0.39, 0.29) is 29.0 Å². The number of hydrogen-bond donors (Lipinski definition) is 0. The van der Waals surface area contributed by atoms with Gasteiger partial charge in [-0.2, -0.15) is 8.78 Å². The van der Waals surface area contributed by atoms with E-state index in [2.05, 4.69) is 9.72 Å². The second kappa shape index (κ2) is 9.09. The standard InChI is InChI=1S/C23H17F2NO3S/c24-23(25)29-17-10-8-15(9-11-17)21(14-18(27)19-6-3-13-28-19)30-20-7-1-4-16-5-2-12-26-22(16)20/h1-13,21,23H,14H2/t21-/m1/s1. The Balaban J connectivity index is 1.65. The summed E-state index contributed by atoms with van der Waals surface area (Å²) in [5.41, 5.74) is 1.66. The predicted molar refractivity (Wildman–Crippen MR) is 111 cm³/mol. The summed E-state index contributed by atoms with van der Waals surface area (Å²) in [6.45, 7) is -2.89. The maximum absolute atomic E-state index is 12.7. The van der Waals surface area contributed by atoms with Crippen molar-refractivity contribution >= 4 is 28.4 Å². The van der Waals surface area contributed by atoms with Gasteiger partial charge in [0.15, 0.2) is 11.5 Å². The molecule has 0 N–H and O–H groups in total. The highest BCUT2D eigenvalue weighted by Gasteiger charge is 2.21. The van der Waals surface area contributed by atoms with E-state index in [0.717, 1.165) is 21.4 Å². The molecule has 0 aliphatic heterocycles. The smallest absolute Gasteiger partial charge is 0.387 e. The summed E-state index contributed by atoms with van der Waals surface area (Å²) in [5, 5.41) is 0.732. The van der Waals surface area contributed by atoms with Crippen LogP contribution in [0, 0.1) is 0 Å². The third-order valence-corrected chi connectivity index (χ3v) is 5.82. The number of rotatable bonds is 8. The number of halogens is 2. The Bertz CT molecular complexity index is 1130. The molecule has 7 heteroatoms. The van der Waals surface area contributed by atoms with E-state index in [4.69, 9.17) is 4.42 Å². The van der Waals surface area contributed by atoms with Crippen molar-refractivity contribution in [2.45, 2.75) is 23.2 Å². The van der Waals surface area contributed by atoms with E-state index < -0.39 is 6.61 Å². The van der Waals surface area contributed by atoms with Crippen LogP contribution in [0.1, 0.15) is 27.8 Å². The summed E-state index contributed by atoms with van der Waals surface area (Å²) in [4.78, 5) is 18.1. The fourth-order valence-corrected chi connectivity index (χ4v) is 4.40. The average molecular weight is 425 g/mol. The molecule has 1 atom stereocenters. The molecule has 30 heavy (non-hydrogen) atoms. The molecule has 0 aliphatic rings. The van der Waals surface area contributed by atoms with Crippen molar-refractivity contribution in [3.05, 3.63) is 90.5 Å². The monoisotopic (exact) mass is 425 g/mol. The van der Waals surface area contributed by atoms with E-state index in [9.17, 15) is 13.6 Å². The van der Waals surface area contributed by atoms with E-state index in [0.29, 0.717) is 0 Å². The fourth-order valence-electron chi connectivity index (χ4n) is 3.12. The largest absolute Gasteiger partial charge is 0.461 e. The lowest BCUT2D eigenvalue weighted by molar-refractivity contribution is -0.0498. The van der Waals surface area contributed by atoms with Gasteiger partial charge in [0.25, 0.3) is 0 Å². The highest BCUT2D eigenvalue weighted by Crippen LogP contribution is 2.41. The third kappa shape index (κ3) is 4.68. The van der Waals surface area contributed by atoms with Crippen molar-refractivity contribution in [3.8, 4) is 5.75 Å². The molecule has 0 spiro atoms. The van der Waals surface area contributed by atoms with Gasteiger partial charge in [0.05, 0.1) is 11.8 Å². The molecular weight excluding hydrogens is 408 g/mol. The van der Waals surface area contributed by atoms with Gasteiger partial charge in [-0.1, -0.05) is 30.3 Å². The minimum atomic E-state index is -2.89. The molecule has 4 nitrogen and oxygen atoms in total. The van der Waals surface area contributed by atoms with Gasteiger partial charge in [0.2, 0.25) is 0 Å². The number of nitrogens with zero attached hydrogens (tertiary/aromatic N) is 1. The minimum absolute atomic E-state index is 0.0710. The molecule has 0 radical (unpaired) electrons. The summed E-state index contributed by atoms with van der Waals surface area (Å²) >= 11 is 1.50. The highest BCUT2D eigenvalue weighted by molar-refractivity contribution is 7.99. The predicted octanol–water partition coefficient (Wildman–Crippen LogP) is 6.54. The molecule has 0 aliphatic carbocycles. The van der Waals surface area contributed by atoms with Gasteiger partial charge in [-0.25, -0.2) is 0 Å². The zero-order valence-corrected chi connectivity index (χ0v) is 16.5. The molecule has 152 valence electrons. The first-order valence-electron chi connectivity index (χ1n) is 9.22. The SMILES string of the molecule is O=C(C[C@@H](Sc1cccc2cccnc12)c1ccc(OC(F)F)cc1)c1ccco1. The number of ether oxygens (including phenoxy) is 1. The minimum Gasteiger partial charge on any atom is -0.461 e. The van der Waals surface area contributed by atoms with Crippen LogP contribution in [0.2, 0.25) is 0 Å².